The fourth-order valence-corrected chi connectivity index (χ4v) is 1.35. The average molecular weight is 399 g/mol. The highest BCUT2D eigenvalue weighted by Crippen LogP contribution is 2.25. The largest absolute Gasteiger partial charge is 0.480 e. The molecule has 0 fully saturated rings. The number of nitrogens with zero attached hydrogens (tertiary/aromatic N) is 1. The highest BCUT2D eigenvalue weighted by atomic mass is 31.2. The van der Waals surface area contributed by atoms with Gasteiger partial charge in [-0.2, -0.15) is 0 Å². The number of phosphoric acid groups is 1. The molecule has 1 heterocycles. The van der Waals surface area contributed by atoms with Crippen molar-refractivity contribution in [2.75, 3.05) is 6.54 Å². The van der Waals surface area contributed by atoms with Crippen molar-refractivity contribution < 1.29 is 39.0 Å². The van der Waals surface area contributed by atoms with Crippen molar-refractivity contribution in [2.45, 2.75) is 37.8 Å². The van der Waals surface area contributed by atoms with Gasteiger partial charge in [0.1, 0.15) is 12.1 Å². The lowest BCUT2D eigenvalue weighted by Crippen LogP contribution is -2.32. The minimum atomic E-state index is -4.64. The van der Waals surface area contributed by atoms with Crippen LogP contribution in [0, 0.1) is 0 Å². The Balaban J connectivity index is 0. The third-order valence-electron chi connectivity index (χ3n) is 2.60. The summed E-state index contributed by atoms with van der Waals surface area (Å²) in [5.41, 5.74) is 16.4. The van der Waals surface area contributed by atoms with E-state index in [2.05, 4.69) is 9.97 Å². The van der Waals surface area contributed by atoms with Gasteiger partial charge in [-0.3, -0.25) is 9.59 Å². The van der Waals surface area contributed by atoms with Crippen LogP contribution in [0.1, 0.15) is 25.0 Å². The van der Waals surface area contributed by atoms with Crippen LogP contribution in [0.5, 0.6) is 0 Å². The number of nitrogens with two attached hydrogens (primary N) is 3. The van der Waals surface area contributed by atoms with Gasteiger partial charge in [0, 0.05) is 18.3 Å². The second-order valence-corrected chi connectivity index (χ2v) is 5.99. The number of H-pyrrole nitrogens is 1. The third-order valence-corrected chi connectivity index (χ3v) is 2.60. The van der Waals surface area contributed by atoms with Crippen molar-refractivity contribution in [2.24, 2.45) is 17.2 Å². The van der Waals surface area contributed by atoms with Gasteiger partial charge in [-0.25, -0.2) is 9.55 Å². The first-order chi connectivity index (χ1) is 11.9. The quantitative estimate of drug-likeness (QED) is 0.169. The summed E-state index contributed by atoms with van der Waals surface area (Å²) < 4.78 is 8.88. The zero-order chi connectivity index (χ0) is 20.8. The van der Waals surface area contributed by atoms with E-state index in [1.807, 2.05) is 0 Å². The zero-order valence-corrected chi connectivity index (χ0v) is 14.8. The molecule has 0 aliphatic rings. The van der Waals surface area contributed by atoms with Crippen molar-refractivity contribution in [1.29, 1.82) is 0 Å². The second kappa shape index (κ2) is 14.3. The molecule has 12 N–H and O–H groups in total. The topological polar surface area (TPSA) is 259 Å². The summed E-state index contributed by atoms with van der Waals surface area (Å²) in [5.74, 6) is -1.93. The summed E-state index contributed by atoms with van der Waals surface area (Å²) in [4.78, 5) is 48.5. The number of carboxylic acids is 2. The van der Waals surface area contributed by atoms with E-state index in [9.17, 15) is 9.59 Å². The normalized spacial score (nSPS) is 12.7. The Labute approximate surface area is 149 Å². The highest BCUT2D eigenvalue weighted by Gasteiger charge is 2.12. The maximum absolute atomic E-state index is 10.3. The van der Waals surface area contributed by atoms with Crippen LogP contribution in [0.3, 0.4) is 0 Å². The summed E-state index contributed by atoms with van der Waals surface area (Å²) in [5, 5.41) is 16.7. The van der Waals surface area contributed by atoms with E-state index in [1.54, 1.807) is 6.20 Å². The smallest absolute Gasteiger partial charge is 0.466 e. The van der Waals surface area contributed by atoms with Crippen molar-refractivity contribution in [3.05, 3.63) is 18.2 Å². The van der Waals surface area contributed by atoms with Gasteiger partial charge < -0.3 is 47.1 Å². The van der Waals surface area contributed by atoms with Gasteiger partial charge in [-0.1, -0.05) is 6.42 Å². The van der Waals surface area contributed by atoms with E-state index in [0.29, 0.717) is 13.0 Å². The molecule has 2 atom stereocenters. The number of carboxylic acid groups (broad SMARTS) is 2. The molecule has 0 bridgehead atoms. The number of imidazole rings is 1. The molecular weight excluding hydrogens is 373 g/mol. The average Bonchev–Trinajstić information content (AvgIpc) is 2.99. The Morgan fingerprint density at radius 2 is 1.62 bits per heavy atom. The maximum Gasteiger partial charge on any atom is 0.466 e. The number of aromatic amines is 1. The van der Waals surface area contributed by atoms with E-state index in [-0.39, 0.29) is 6.42 Å². The molecule has 0 aromatic carbocycles. The molecule has 2 unspecified atom stereocenters. The van der Waals surface area contributed by atoms with Crippen LogP contribution in [-0.2, 0) is 20.6 Å². The number of hydrogen-bond acceptors (Lipinski definition) is 7. The van der Waals surface area contributed by atoms with Gasteiger partial charge in [0.2, 0.25) is 0 Å². The van der Waals surface area contributed by atoms with Crippen LogP contribution in [0.2, 0.25) is 0 Å². The first-order valence-electron chi connectivity index (χ1n) is 7.30. The van der Waals surface area contributed by atoms with E-state index >= 15 is 0 Å². The molecule has 0 aliphatic heterocycles. The monoisotopic (exact) mass is 399 g/mol. The Bertz CT molecular complexity index is 542. The molecular formula is C12H26N5O8P. The first kappa shape index (κ1) is 26.4. The fraction of sp³-hybridized carbons (Fsp3) is 0.583. The van der Waals surface area contributed by atoms with Crippen molar-refractivity contribution in [3.63, 3.8) is 0 Å². The van der Waals surface area contributed by atoms with Crippen LogP contribution in [0.15, 0.2) is 12.5 Å². The molecule has 1 aromatic heterocycles. The Hall–Kier alpha value is -1.86. The highest BCUT2D eigenvalue weighted by molar-refractivity contribution is 7.45. The number of nitrogens with one attached hydrogen (secondary N) is 1. The first-order valence-corrected chi connectivity index (χ1v) is 8.87. The number of hydrogen-bond donors (Lipinski definition) is 9. The second-order valence-electron chi connectivity index (χ2n) is 4.97. The molecule has 0 saturated carbocycles. The molecule has 0 saturated heterocycles. The minimum Gasteiger partial charge on any atom is -0.480 e. The van der Waals surface area contributed by atoms with E-state index < -0.39 is 31.8 Å². The van der Waals surface area contributed by atoms with Gasteiger partial charge in [0.15, 0.2) is 0 Å². The van der Waals surface area contributed by atoms with Crippen LogP contribution in [0.4, 0.5) is 0 Å². The standard InChI is InChI=1S/C6H9N3O2.C6H14N2O2.H3O4P/c7-5(6(10)11)1-4-2-8-3-9-4;7-4-2-1-3-5(8)6(9)10;1-5(2,3)4/h2-3,5H,1,7H2,(H,8,9)(H,10,11);5H,1-4,7-8H2,(H,9,10);(H3,1,2,3,4). The fourth-order valence-electron chi connectivity index (χ4n) is 1.35. The van der Waals surface area contributed by atoms with Gasteiger partial charge in [0.05, 0.1) is 6.33 Å². The van der Waals surface area contributed by atoms with E-state index in [0.717, 1.165) is 18.5 Å². The Kier molecular flexibility index (Phi) is 14.5. The molecule has 14 heteroatoms. The van der Waals surface area contributed by atoms with Crippen LogP contribution >= 0.6 is 7.82 Å². The summed E-state index contributed by atoms with van der Waals surface area (Å²) in [6.07, 6.45) is 5.50. The summed E-state index contributed by atoms with van der Waals surface area (Å²) in [7, 11) is -4.64. The summed E-state index contributed by atoms with van der Waals surface area (Å²) in [6, 6.07) is -1.57. The van der Waals surface area contributed by atoms with Crippen molar-refractivity contribution in [1.82, 2.24) is 9.97 Å². The molecule has 0 radical (unpaired) electrons. The van der Waals surface area contributed by atoms with Crippen LogP contribution in [-0.4, -0.2) is 65.4 Å². The van der Waals surface area contributed by atoms with Crippen molar-refractivity contribution in [3.8, 4) is 0 Å². The predicted octanol–water partition coefficient (Wildman–Crippen LogP) is -2.04. The van der Waals surface area contributed by atoms with Gasteiger partial charge >= 0.3 is 19.8 Å². The number of rotatable bonds is 8. The third kappa shape index (κ3) is 20.2. The number of aromatic nitrogens is 2. The molecule has 0 aliphatic carbocycles. The summed E-state index contributed by atoms with van der Waals surface area (Å²) in [6.45, 7) is 0.604. The molecule has 13 nitrogen and oxygen atoms in total. The van der Waals surface area contributed by atoms with Crippen molar-refractivity contribution >= 4 is 19.8 Å². The zero-order valence-electron chi connectivity index (χ0n) is 13.9. The molecule has 0 amide bonds. The number of carbonyl (C=O) groups is 2. The van der Waals surface area contributed by atoms with Gasteiger partial charge in [0.25, 0.3) is 0 Å². The Morgan fingerprint density at radius 3 is 1.96 bits per heavy atom. The maximum atomic E-state index is 10.3. The predicted molar refractivity (Wildman–Crippen MR) is 90.7 cm³/mol. The van der Waals surface area contributed by atoms with Crippen LogP contribution in [0.25, 0.3) is 0 Å². The number of unbranched alkanes of at least 4 members (excludes halogenated alkanes) is 1. The lowest BCUT2D eigenvalue weighted by atomic mass is 10.1. The number of aliphatic carboxylic acids is 2. The van der Waals surface area contributed by atoms with Gasteiger partial charge in [-0.05, 0) is 19.4 Å². The van der Waals surface area contributed by atoms with Gasteiger partial charge in [-0.15, -0.1) is 0 Å². The van der Waals surface area contributed by atoms with Crippen LogP contribution < -0.4 is 17.2 Å². The molecule has 1 rings (SSSR count). The molecule has 26 heavy (non-hydrogen) atoms. The lowest BCUT2D eigenvalue weighted by molar-refractivity contribution is -0.139. The molecule has 152 valence electrons. The Morgan fingerprint density at radius 1 is 1.12 bits per heavy atom. The van der Waals surface area contributed by atoms with E-state index in [4.69, 9.17) is 46.7 Å². The molecule has 0 spiro atoms. The minimum absolute atomic E-state index is 0.287. The SMILES string of the molecule is NC(Cc1cnc[nH]1)C(=O)O.NCCCCC(N)C(=O)O.O=P(O)(O)O. The molecule has 1 aromatic rings. The lowest BCUT2D eigenvalue weighted by Gasteiger charge is -2.03. The van der Waals surface area contributed by atoms with E-state index in [1.165, 1.54) is 6.33 Å². The summed E-state index contributed by atoms with van der Waals surface area (Å²) >= 11 is 0.